The monoisotopic (exact) mass is 235 g/mol. The molecule has 0 saturated heterocycles. The summed E-state index contributed by atoms with van der Waals surface area (Å²) in [4.78, 5) is 20.0. The molecule has 0 aliphatic heterocycles. The Labute approximate surface area is 97.9 Å². The van der Waals surface area contributed by atoms with Crippen LogP contribution in [0.3, 0.4) is 0 Å². The van der Waals surface area contributed by atoms with E-state index in [0.29, 0.717) is 23.0 Å². The van der Waals surface area contributed by atoms with Crippen LogP contribution in [-0.4, -0.2) is 20.3 Å². The maximum absolute atomic E-state index is 12.1. The zero-order chi connectivity index (χ0) is 11.5. The third kappa shape index (κ3) is 1.84. The van der Waals surface area contributed by atoms with Gasteiger partial charge >= 0.3 is 0 Å². The number of pyridine rings is 1. The van der Waals surface area contributed by atoms with E-state index in [1.54, 1.807) is 29.2 Å². The van der Waals surface area contributed by atoms with Gasteiger partial charge in [-0.1, -0.05) is 11.6 Å². The molecule has 0 fully saturated rings. The quantitative estimate of drug-likeness (QED) is 0.767. The Bertz CT molecular complexity index is 521. The van der Waals surface area contributed by atoms with E-state index < -0.39 is 0 Å². The molecule has 0 aliphatic carbocycles. The van der Waals surface area contributed by atoms with Crippen LogP contribution in [0.25, 0.3) is 0 Å². The summed E-state index contributed by atoms with van der Waals surface area (Å²) in [5, 5.41) is 0.346. The number of carbonyl (C=O) groups excluding carboxylic acids is 1. The van der Waals surface area contributed by atoms with Crippen molar-refractivity contribution < 1.29 is 4.79 Å². The molecule has 0 atom stereocenters. The third-order valence-electron chi connectivity index (χ3n) is 2.28. The molecule has 2 aromatic heterocycles. The molecule has 0 amide bonds. The number of aromatic nitrogens is 3. The number of halogens is 1. The van der Waals surface area contributed by atoms with Crippen LogP contribution in [-0.2, 0) is 6.54 Å². The number of carbonyl (C=O) groups is 1. The number of imidazole rings is 1. The smallest absolute Gasteiger partial charge is 0.230 e. The summed E-state index contributed by atoms with van der Waals surface area (Å²) in [5.41, 5.74) is 0.428. The molecule has 0 aromatic carbocycles. The molecule has 0 N–H and O–H groups in total. The first-order chi connectivity index (χ1) is 7.74. The van der Waals surface area contributed by atoms with Gasteiger partial charge in [-0.15, -0.1) is 0 Å². The molecule has 0 radical (unpaired) electrons. The van der Waals surface area contributed by atoms with E-state index in [1.807, 2.05) is 6.92 Å². The lowest BCUT2D eigenvalue weighted by atomic mass is 10.1. The van der Waals surface area contributed by atoms with Crippen LogP contribution >= 0.6 is 11.6 Å². The molecule has 0 unspecified atom stereocenters. The lowest BCUT2D eigenvalue weighted by Crippen LogP contribution is -2.11. The number of hydrogen-bond donors (Lipinski definition) is 0. The molecule has 82 valence electrons. The van der Waals surface area contributed by atoms with Crippen molar-refractivity contribution in [3.05, 3.63) is 47.3 Å². The van der Waals surface area contributed by atoms with Gasteiger partial charge in [0, 0.05) is 36.9 Å². The summed E-state index contributed by atoms with van der Waals surface area (Å²) in [6.07, 6.45) is 6.36. The highest BCUT2D eigenvalue weighted by Crippen LogP contribution is 2.17. The van der Waals surface area contributed by atoms with E-state index in [0.717, 1.165) is 0 Å². The van der Waals surface area contributed by atoms with Gasteiger partial charge in [0.25, 0.3) is 0 Å². The van der Waals surface area contributed by atoms with Gasteiger partial charge in [-0.3, -0.25) is 9.78 Å². The van der Waals surface area contributed by atoms with E-state index in [9.17, 15) is 4.79 Å². The van der Waals surface area contributed by atoms with Crippen LogP contribution in [0.2, 0.25) is 5.02 Å². The van der Waals surface area contributed by atoms with Gasteiger partial charge in [0.15, 0.2) is 5.82 Å². The SMILES string of the molecule is CCn1ccnc1C(=O)c1ccncc1Cl. The fourth-order valence-corrected chi connectivity index (χ4v) is 1.66. The van der Waals surface area contributed by atoms with Gasteiger partial charge in [-0.2, -0.15) is 0 Å². The van der Waals surface area contributed by atoms with Crippen LogP contribution < -0.4 is 0 Å². The average molecular weight is 236 g/mol. The number of aryl methyl sites for hydroxylation is 1. The fraction of sp³-hybridized carbons (Fsp3) is 0.182. The van der Waals surface area contributed by atoms with Crippen molar-refractivity contribution >= 4 is 17.4 Å². The maximum Gasteiger partial charge on any atom is 0.230 e. The fourth-order valence-electron chi connectivity index (χ4n) is 1.45. The topological polar surface area (TPSA) is 47.8 Å². The van der Waals surface area contributed by atoms with Crippen LogP contribution in [0.4, 0.5) is 0 Å². The Balaban J connectivity index is 2.44. The van der Waals surface area contributed by atoms with Gasteiger partial charge in [-0.25, -0.2) is 4.98 Å². The second-order valence-electron chi connectivity index (χ2n) is 3.22. The van der Waals surface area contributed by atoms with Crippen LogP contribution in [0.5, 0.6) is 0 Å². The zero-order valence-corrected chi connectivity index (χ0v) is 9.48. The Kier molecular flexibility index (Phi) is 3.01. The molecule has 0 spiro atoms. The molecule has 2 rings (SSSR count). The first-order valence-corrected chi connectivity index (χ1v) is 5.27. The number of ketones is 1. The van der Waals surface area contributed by atoms with Crippen molar-refractivity contribution in [2.24, 2.45) is 0 Å². The van der Waals surface area contributed by atoms with Gasteiger partial charge in [0.1, 0.15) is 0 Å². The molecule has 2 heterocycles. The van der Waals surface area contributed by atoms with Crippen molar-refractivity contribution in [3.63, 3.8) is 0 Å². The third-order valence-corrected chi connectivity index (χ3v) is 2.58. The minimum atomic E-state index is -0.181. The van der Waals surface area contributed by atoms with Crippen LogP contribution in [0.15, 0.2) is 30.9 Å². The molecular weight excluding hydrogens is 226 g/mol. The first kappa shape index (κ1) is 10.8. The van der Waals surface area contributed by atoms with E-state index >= 15 is 0 Å². The van der Waals surface area contributed by atoms with E-state index in [2.05, 4.69) is 9.97 Å². The highest BCUT2D eigenvalue weighted by molar-refractivity contribution is 6.34. The highest BCUT2D eigenvalue weighted by Gasteiger charge is 2.16. The Hall–Kier alpha value is -1.68. The molecule has 5 heteroatoms. The predicted molar refractivity (Wildman–Crippen MR) is 60.6 cm³/mol. The van der Waals surface area contributed by atoms with Crippen molar-refractivity contribution in [2.45, 2.75) is 13.5 Å². The van der Waals surface area contributed by atoms with Gasteiger partial charge in [-0.05, 0) is 13.0 Å². The lowest BCUT2D eigenvalue weighted by molar-refractivity contribution is 0.102. The predicted octanol–water partition coefficient (Wildman–Crippen LogP) is 2.18. The Morgan fingerprint density at radius 2 is 2.31 bits per heavy atom. The summed E-state index contributed by atoms with van der Waals surface area (Å²) >= 11 is 5.91. The summed E-state index contributed by atoms with van der Waals surface area (Å²) in [6.45, 7) is 2.65. The summed E-state index contributed by atoms with van der Waals surface area (Å²) < 4.78 is 1.78. The molecule has 0 saturated carbocycles. The van der Waals surface area contributed by atoms with E-state index in [4.69, 9.17) is 11.6 Å². The molecule has 4 nitrogen and oxygen atoms in total. The Morgan fingerprint density at radius 1 is 1.50 bits per heavy atom. The largest absolute Gasteiger partial charge is 0.328 e. The summed E-state index contributed by atoms with van der Waals surface area (Å²) in [6, 6.07) is 1.60. The molecule has 0 aliphatic rings. The van der Waals surface area contributed by atoms with Crippen molar-refractivity contribution in [2.75, 3.05) is 0 Å². The van der Waals surface area contributed by atoms with E-state index in [-0.39, 0.29) is 5.78 Å². The molecule has 0 bridgehead atoms. The van der Waals surface area contributed by atoms with Crippen LogP contribution in [0.1, 0.15) is 23.1 Å². The second kappa shape index (κ2) is 4.45. The van der Waals surface area contributed by atoms with Gasteiger partial charge < -0.3 is 4.57 Å². The number of rotatable bonds is 3. The molecule has 2 aromatic rings. The lowest BCUT2D eigenvalue weighted by Gasteiger charge is -2.04. The second-order valence-corrected chi connectivity index (χ2v) is 3.63. The highest BCUT2D eigenvalue weighted by atomic mass is 35.5. The maximum atomic E-state index is 12.1. The first-order valence-electron chi connectivity index (χ1n) is 4.89. The van der Waals surface area contributed by atoms with Crippen molar-refractivity contribution in [3.8, 4) is 0 Å². The minimum absolute atomic E-state index is 0.181. The number of nitrogens with zero attached hydrogens (tertiary/aromatic N) is 3. The average Bonchev–Trinajstić information content (AvgIpc) is 2.77. The molecule has 16 heavy (non-hydrogen) atoms. The molecular formula is C11H10ClN3O. The van der Waals surface area contributed by atoms with Crippen molar-refractivity contribution in [1.82, 2.24) is 14.5 Å². The summed E-state index contributed by atoms with van der Waals surface area (Å²) in [5.74, 6) is 0.217. The number of hydrogen-bond acceptors (Lipinski definition) is 3. The minimum Gasteiger partial charge on any atom is -0.328 e. The standard InChI is InChI=1S/C11H10ClN3O/c1-2-15-6-5-14-11(15)10(16)8-3-4-13-7-9(8)12/h3-7H,2H2,1H3. The van der Waals surface area contributed by atoms with Crippen molar-refractivity contribution in [1.29, 1.82) is 0 Å². The summed E-state index contributed by atoms with van der Waals surface area (Å²) in [7, 11) is 0. The van der Waals surface area contributed by atoms with E-state index in [1.165, 1.54) is 6.20 Å². The van der Waals surface area contributed by atoms with Gasteiger partial charge in [0.2, 0.25) is 5.78 Å². The Morgan fingerprint density at radius 3 is 3.00 bits per heavy atom. The van der Waals surface area contributed by atoms with Gasteiger partial charge in [0.05, 0.1) is 5.02 Å². The normalized spacial score (nSPS) is 10.4. The zero-order valence-electron chi connectivity index (χ0n) is 8.72. The van der Waals surface area contributed by atoms with Crippen LogP contribution in [0, 0.1) is 0 Å².